The number of carbonyl (C=O) groups is 2. The van der Waals surface area contributed by atoms with Crippen molar-refractivity contribution in [2.45, 2.75) is 33.6 Å². The summed E-state index contributed by atoms with van der Waals surface area (Å²) in [6, 6.07) is 11.9. The number of aryl methyl sites for hydroxylation is 3. The van der Waals surface area contributed by atoms with Gasteiger partial charge in [-0.1, -0.05) is 43.7 Å². The van der Waals surface area contributed by atoms with Crippen molar-refractivity contribution < 1.29 is 19.1 Å². The first-order chi connectivity index (χ1) is 14.3. The van der Waals surface area contributed by atoms with Gasteiger partial charge in [0.15, 0.2) is 5.78 Å². The van der Waals surface area contributed by atoms with Crippen LogP contribution in [-0.4, -0.2) is 16.8 Å². The van der Waals surface area contributed by atoms with Gasteiger partial charge in [-0.2, -0.15) is 0 Å². The molecule has 0 saturated heterocycles. The second kappa shape index (κ2) is 8.78. The Labute approximate surface area is 174 Å². The number of amides is 1. The third kappa shape index (κ3) is 4.17. The Kier molecular flexibility index (Phi) is 6.16. The fraction of sp³-hybridized carbons (Fsp3) is 0.208. The van der Waals surface area contributed by atoms with Crippen molar-refractivity contribution in [2.24, 2.45) is 0 Å². The lowest BCUT2D eigenvalue weighted by Gasteiger charge is -2.14. The molecule has 30 heavy (non-hydrogen) atoms. The molecular formula is C24H24N2O4. The number of phenols is 1. The number of para-hydroxylation sites is 1. The predicted molar refractivity (Wildman–Crippen MR) is 114 cm³/mol. The molecule has 3 rings (SSSR count). The molecule has 0 saturated carbocycles. The molecule has 0 atom stereocenters. The van der Waals surface area contributed by atoms with Crippen LogP contribution in [0.1, 0.15) is 56.8 Å². The summed E-state index contributed by atoms with van der Waals surface area (Å²) in [5.74, 6) is -1.17. The molecule has 3 aromatic rings. The second-order valence-corrected chi connectivity index (χ2v) is 7.04. The van der Waals surface area contributed by atoms with Gasteiger partial charge in [-0.25, -0.2) is 0 Å². The van der Waals surface area contributed by atoms with Crippen LogP contribution >= 0.6 is 0 Å². The van der Waals surface area contributed by atoms with Crippen LogP contribution in [0, 0.1) is 12.3 Å². The van der Waals surface area contributed by atoms with E-state index in [-0.39, 0.29) is 28.0 Å². The van der Waals surface area contributed by atoms with Gasteiger partial charge >= 0.3 is 0 Å². The molecule has 1 aromatic heterocycles. The van der Waals surface area contributed by atoms with Crippen molar-refractivity contribution in [3.63, 3.8) is 0 Å². The van der Waals surface area contributed by atoms with Gasteiger partial charge in [-0.05, 0) is 49.1 Å². The molecule has 0 spiro atoms. The van der Waals surface area contributed by atoms with E-state index in [1.54, 1.807) is 12.1 Å². The third-order valence-electron chi connectivity index (χ3n) is 4.99. The lowest BCUT2D eigenvalue weighted by molar-refractivity contribution is 0.102. The average Bonchev–Trinajstić information content (AvgIpc) is 2.75. The Balaban J connectivity index is 1.98. The summed E-state index contributed by atoms with van der Waals surface area (Å²) in [6.45, 7) is 5.81. The smallest absolute Gasteiger partial charge is 0.261 e. The monoisotopic (exact) mass is 404 g/mol. The summed E-state index contributed by atoms with van der Waals surface area (Å²) in [7, 11) is 0. The summed E-state index contributed by atoms with van der Waals surface area (Å²) in [4.78, 5) is 25.8. The van der Waals surface area contributed by atoms with Crippen LogP contribution in [0.4, 0.5) is 5.69 Å². The highest BCUT2D eigenvalue weighted by atomic mass is 16.3. The lowest BCUT2D eigenvalue weighted by Crippen LogP contribution is -2.23. The fourth-order valence-electron chi connectivity index (χ4n) is 3.30. The average molecular weight is 404 g/mol. The van der Waals surface area contributed by atoms with Gasteiger partial charge in [-0.15, -0.1) is 0 Å². The molecule has 0 unspecified atom stereocenters. The molecule has 154 valence electrons. The Morgan fingerprint density at radius 1 is 1.03 bits per heavy atom. The van der Waals surface area contributed by atoms with E-state index < -0.39 is 11.7 Å². The SMILES string of the molecule is CCc1cccc(CC)c1NC(=O)c1cc(C(=O)c2cc(C)ccc2O)coc1=N. The molecule has 0 fully saturated rings. The highest BCUT2D eigenvalue weighted by Gasteiger charge is 2.19. The number of rotatable bonds is 6. The van der Waals surface area contributed by atoms with Crippen LogP contribution in [0.15, 0.2) is 53.1 Å². The fourth-order valence-corrected chi connectivity index (χ4v) is 3.30. The number of anilines is 1. The van der Waals surface area contributed by atoms with Crippen molar-refractivity contribution in [1.82, 2.24) is 0 Å². The minimum atomic E-state index is -0.525. The lowest BCUT2D eigenvalue weighted by atomic mass is 10.0. The predicted octanol–water partition coefficient (Wildman–Crippen LogP) is 4.38. The Morgan fingerprint density at radius 3 is 2.33 bits per heavy atom. The van der Waals surface area contributed by atoms with E-state index in [0.717, 1.165) is 41.5 Å². The third-order valence-corrected chi connectivity index (χ3v) is 4.99. The van der Waals surface area contributed by atoms with E-state index in [4.69, 9.17) is 9.83 Å². The molecule has 0 radical (unpaired) electrons. The normalized spacial score (nSPS) is 10.6. The minimum absolute atomic E-state index is 0.0547. The largest absolute Gasteiger partial charge is 0.507 e. The van der Waals surface area contributed by atoms with Crippen molar-refractivity contribution in [3.05, 3.63) is 87.7 Å². The van der Waals surface area contributed by atoms with Gasteiger partial charge in [0.1, 0.15) is 17.6 Å². The van der Waals surface area contributed by atoms with Gasteiger partial charge in [0.2, 0.25) is 5.55 Å². The number of hydrogen-bond acceptors (Lipinski definition) is 5. The molecule has 0 bridgehead atoms. The topological polar surface area (TPSA) is 103 Å². The maximum absolute atomic E-state index is 13.0. The van der Waals surface area contributed by atoms with Crippen molar-refractivity contribution >= 4 is 17.4 Å². The van der Waals surface area contributed by atoms with Crippen LogP contribution in [0.25, 0.3) is 0 Å². The molecule has 0 aliphatic carbocycles. The zero-order chi connectivity index (χ0) is 21.8. The number of phenolic OH excluding ortho intramolecular Hbond substituents is 1. The Morgan fingerprint density at radius 2 is 1.70 bits per heavy atom. The van der Waals surface area contributed by atoms with Crippen molar-refractivity contribution in [3.8, 4) is 5.75 Å². The highest BCUT2D eigenvalue weighted by molar-refractivity contribution is 6.12. The molecule has 2 aromatic carbocycles. The maximum Gasteiger partial charge on any atom is 0.261 e. The van der Waals surface area contributed by atoms with Gasteiger partial charge in [0.25, 0.3) is 5.91 Å². The number of aromatic hydroxyl groups is 1. The van der Waals surface area contributed by atoms with Gasteiger partial charge in [0, 0.05) is 5.69 Å². The molecule has 6 heteroatoms. The van der Waals surface area contributed by atoms with Gasteiger partial charge in [0.05, 0.1) is 11.1 Å². The first-order valence-corrected chi connectivity index (χ1v) is 9.79. The molecular weight excluding hydrogens is 380 g/mol. The molecule has 6 nitrogen and oxygen atoms in total. The van der Waals surface area contributed by atoms with Crippen LogP contribution in [-0.2, 0) is 12.8 Å². The van der Waals surface area contributed by atoms with Gasteiger partial charge < -0.3 is 14.8 Å². The van der Waals surface area contributed by atoms with E-state index in [0.29, 0.717) is 0 Å². The number of nitrogens with one attached hydrogen (secondary N) is 2. The maximum atomic E-state index is 13.0. The minimum Gasteiger partial charge on any atom is -0.507 e. The summed E-state index contributed by atoms with van der Waals surface area (Å²) in [6.07, 6.45) is 2.61. The molecule has 1 heterocycles. The van der Waals surface area contributed by atoms with Crippen LogP contribution in [0.5, 0.6) is 5.75 Å². The van der Waals surface area contributed by atoms with Crippen LogP contribution in [0.2, 0.25) is 0 Å². The van der Waals surface area contributed by atoms with Gasteiger partial charge in [-0.3, -0.25) is 15.0 Å². The van der Waals surface area contributed by atoms with E-state index >= 15 is 0 Å². The standard InChI is InChI=1S/C24H24N2O4/c1-4-15-7-6-8-16(5-2)21(15)26-24(29)19-12-17(13-30-23(19)25)22(28)18-11-14(3)9-10-20(18)27/h6-13,25,27H,4-5H2,1-3H3,(H,26,29). The van der Waals surface area contributed by atoms with Crippen LogP contribution < -0.4 is 10.9 Å². The zero-order valence-electron chi connectivity index (χ0n) is 17.2. The number of ketones is 1. The zero-order valence-corrected chi connectivity index (χ0v) is 17.2. The first-order valence-electron chi connectivity index (χ1n) is 9.79. The Hall–Kier alpha value is -3.67. The van der Waals surface area contributed by atoms with Crippen LogP contribution in [0.3, 0.4) is 0 Å². The summed E-state index contributed by atoms with van der Waals surface area (Å²) in [5, 5.41) is 20.9. The number of hydrogen-bond donors (Lipinski definition) is 3. The second-order valence-electron chi connectivity index (χ2n) is 7.04. The highest BCUT2D eigenvalue weighted by Crippen LogP contribution is 2.24. The molecule has 0 aliphatic rings. The summed E-state index contributed by atoms with van der Waals surface area (Å²) >= 11 is 0. The molecule has 1 amide bonds. The van der Waals surface area contributed by atoms with E-state index in [2.05, 4.69) is 5.32 Å². The quantitative estimate of drug-likeness (QED) is 0.530. The number of benzene rings is 2. The first kappa shape index (κ1) is 21.0. The molecule has 0 aliphatic heterocycles. The number of carbonyl (C=O) groups excluding carboxylic acids is 2. The van der Waals surface area contributed by atoms with Crippen molar-refractivity contribution in [2.75, 3.05) is 5.32 Å². The Bertz CT molecular complexity index is 1160. The van der Waals surface area contributed by atoms with E-state index in [9.17, 15) is 14.7 Å². The molecule has 3 N–H and O–H groups in total. The van der Waals surface area contributed by atoms with Crippen molar-refractivity contribution in [1.29, 1.82) is 5.41 Å². The summed E-state index contributed by atoms with van der Waals surface area (Å²) in [5.41, 5.74) is 3.30. The van der Waals surface area contributed by atoms with E-state index in [1.807, 2.05) is 39.0 Å². The summed E-state index contributed by atoms with van der Waals surface area (Å²) < 4.78 is 5.18. The van der Waals surface area contributed by atoms with E-state index in [1.165, 1.54) is 12.1 Å².